The van der Waals surface area contributed by atoms with Crippen molar-refractivity contribution in [2.75, 3.05) is 29.4 Å². The summed E-state index contributed by atoms with van der Waals surface area (Å²) in [6.07, 6.45) is 1.24. The molecule has 0 aliphatic carbocycles. The zero-order valence-electron chi connectivity index (χ0n) is 14.3. The first kappa shape index (κ1) is 15.6. The summed E-state index contributed by atoms with van der Waals surface area (Å²) in [6, 6.07) is 3.49. The second-order valence-corrected chi connectivity index (χ2v) is 7.17. The van der Waals surface area contributed by atoms with Crippen molar-refractivity contribution < 1.29 is 14.0 Å². The quantitative estimate of drug-likeness (QED) is 0.826. The van der Waals surface area contributed by atoms with Gasteiger partial charge in [-0.1, -0.05) is 0 Å². The molecular weight excluding hydrogens is 339 g/mol. The van der Waals surface area contributed by atoms with Crippen LogP contribution in [0.25, 0.3) is 10.9 Å². The zero-order chi connectivity index (χ0) is 18.0. The van der Waals surface area contributed by atoms with Gasteiger partial charge in [-0.25, -0.2) is 9.18 Å². The Morgan fingerprint density at radius 1 is 1.31 bits per heavy atom. The first-order valence-corrected chi connectivity index (χ1v) is 8.79. The van der Waals surface area contributed by atoms with E-state index in [1.807, 2.05) is 6.07 Å². The Balaban J connectivity index is 1.57. The number of benzene rings is 1. The molecule has 0 saturated carbocycles. The topological polar surface area (TPSA) is 82.5 Å². The van der Waals surface area contributed by atoms with Crippen LogP contribution in [0.3, 0.4) is 0 Å². The lowest BCUT2D eigenvalue weighted by atomic mass is 10.1. The van der Waals surface area contributed by atoms with Crippen LogP contribution in [0.15, 0.2) is 12.1 Å². The van der Waals surface area contributed by atoms with Gasteiger partial charge in [0.15, 0.2) is 5.82 Å². The summed E-state index contributed by atoms with van der Waals surface area (Å²) in [4.78, 5) is 27.0. The highest BCUT2D eigenvalue weighted by Crippen LogP contribution is 2.36. The summed E-state index contributed by atoms with van der Waals surface area (Å²) in [5.41, 5.74) is 1.34. The molecule has 0 radical (unpaired) electrons. The number of amides is 3. The van der Waals surface area contributed by atoms with Crippen LogP contribution in [-0.4, -0.2) is 53.4 Å². The van der Waals surface area contributed by atoms with E-state index in [9.17, 15) is 14.0 Å². The molecule has 9 heteroatoms. The fourth-order valence-corrected chi connectivity index (χ4v) is 4.29. The van der Waals surface area contributed by atoms with E-state index in [0.29, 0.717) is 29.0 Å². The molecular formula is C17H19FN6O2. The maximum atomic E-state index is 14.9. The number of carbonyl (C=O) groups is 2. The number of hydrogen-bond donors (Lipinski definition) is 2. The molecule has 3 fully saturated rings. The maximum absolute atomic E-state index is 14.9. The van der Waals surface area contributed by atoms with E-state index in [1.54, 1.807) is 11.7 Å². The third kappa shape index (κ3) is 2.20. The zero-order valence-corrected chi connectivity index (χ0v) is 14.3. The number of anilines is 2. The number of aryl methyl sites for hydroxylation is 1. The molecule has 5 rings (SSSR count). The minimum atomic E-state index is -0.520. The van der Waals surface area contributed by atoms with E-state index < -0.39 is 6.03 Å². The van der Waals surface area contributed by atoms with Crippen molar-refractivity contribution in [2.45, 2.75) is 24.9 Å². The van der Waals surface area contributed by atoms with Gasteiger partial charge in [-0.15, -0.1) is 0 Å². The lowest BCUT2D eigenvalue weighted by Crippen LogP contribution is -2.49. The third-order valence-electron chi connectivity index (χ3n) is 5.58. The van der Waals surface area contributed by atoms with Crippen LogP contribution in [0, 0.1) is 5.82 Å². The summed E-state index contributed by atoms with van der Waals surface area (Å²) < 4.78 is 16.6. The lowest BCUT2D eigenvalue weighted by molar-refractivity contribution is -0.120. The Morgan fingerprint density at radius 2 is 2.15 bits per heavy atom. The van der Waals surface area contributed by atoms with Gasteiger partial charge in [0.25, 0.3) is 0 Å². The maximum Gasteiger partial charge on any atom is 0.329 e. The van der Waals surface area contributed by atoms with Gasteiger partial charge in [-0.05, 0) is 18.6 Å². The van der Waals surface area contributed by atoms with E-state index in [4.69, 9.17) is 0 Å². The van der Waals surface area contributed by atoms with Crippen molar-refractivity contribution in [3.05, 3.63) is 17.9 Å². The second-order valence-electron chi connectivity index (χ2n) is 7.17. The predicted octanol–water partition coefficient (Wildman–Crippen LogP) is 0.709. The molecule has 3 saturated heterocycles. The molecule has 3 aliphatic heterocycles. The summed E-state index contributed by atoms with van der Waals surface area (Å²) in [5, 5.41) is 10.7. The lowest BCUT2D eigenvalue weighted by Gasteiger charge is -2.30. The van der Waals surface area contributed by atoms with Crippen LogP contribution in [0.1, 0.15) is 12.8 Å². The molecule has 4 heterocycles. The third-order valence-corrected chi connectivity index (χ3v) is 5.58. The first-order chi connectivity index (χ1) is 12.5. The Kier molecular flexibility index (Phi) is 3.24. The second kappa shape index (κ2) is 5.41. The van der Waals surface area contributed by atoms with Gasteiger partial charge in [-0.3, -0.25) is 19.7 Å². The predicted molar refractivity (Wildman–Crippen MR) is 93.7 cm³/mol. The molecule has 0 spiro atoms. The molecule has 2 bridgehead atoms. The van der Waals surface area contributed by atoms with E-state index in [-0.39, 0.29) is 24.7 Å². The van der Waals surface area contributed by atoms with Crippen LogP contribution in [0.5, 0.6) is 0 Å². The summed E-state index contributed by atoms with van der Waals surface area (Å²) in [5.74, 6) is -0.243. The van der Waals surface area contributed by atoms with Crippen molar-refractivity contribution in [3.63, 3.8) is 0 Å². The molecule has 2 N–H and O–H groups in total. The number of urea groups is 1. The van der Waals surface area contributed by atoms with Crippen molar-refractivity contribution in [3.8, 4) is 0 Å². The molecule has 136 valence electrons. The largest absolute Gasteiger partial charge is 0.363 e. The molecule has 1 aromatic heterocycles. The number of aromatic nitrogens is 2. The fraction of sp³-hybridized carbons (Fsp3) is 0.471. The standard InChI is InChI=1S/C17H19FN6O2/c1-22-13-6-14(24-8-9-4-10(24)7-19-9)12(18)5-11(13)16(21-22)23-3-2-15(25)20-17(23)26/h5-6,9-10,19H,2-4,7-8H2,1H3,(H,20,25,26)/t9-,10-/m0/s1. The van der Waals surface area contributed by atoms with E-state index >= 15 is 0 Å². The number of hydrogen-bond acceptors (Lipinski definition) is 5. The average Bonchev–Trinajstić information content (AvgIpc) is 3.29. The molecule has 0 unspecified atom stereocenters. The van der Waals surface area contributed by atoms with Crippen molar-refractivity contribution in [2.24, 2.45) is 7.05 Å². The number of halogens is 1. The van der Waals surface area contributed by atoms with Crippen LogP contribution in [0.2, 0.25) is 0 Å². The van der Waals surface area contributed by atoms with Gasteiger partial charge in [0.2, 0.25) is 5.91 Å². The molecule has 2 atom stereocenters. The SMILES string of the molecule is Cn1nc(N2CCC(=O)NC2=O)c2cc(F)c(N3C[C@@H]4C[C@H]3CN4)cc21. The molecule has 8 nitrogen and oxygen atoms in total. The van der Waals surface area contributed by atoms with Gasteiger partial charge < -0.3 is 10.2 Å². The number of fused-ring (bicyclic) bond motifs is 3. The number of carbonyl (C=O) groups excluding carboxylic acids is 2. The number of piperazine rings is 1. The van der Waals surface area contributed by atoms with E-state index in [1.165, 1.54) is 11.0 Å². The Bertz CT molecular complexity index is 941. The van der Waals surface area contributed by atoms with Crippen molar-refractivity contribution in [1.82, 2.24) is 20.4 Å². The Labute approximate surface area is 148 Å². The summed E-state index contributed by atoms with van der Waals surface area (Å²) in [7, 11) is 1.78. The average molecular weight is 358 g/mol. The van der Waals surface area contributed by atoms with Gasteiger partial charge in [0, 0.05) is 50.6 Å². The first-order valence-electron chi connectivity index (χ1n) is 8.79. The molecule has 26 heavy (non-hydrogen) atoms. The highest BCUT2D eigenvalue weighted by atomic mass is 19.1. The minimum absolute atomic E-state index is 0.203. The minimum Gasteiger partial charge on any atom is -0.363 e. The molecule has 1 aromatic carbocycles. The van der Waals surface area contributed by atoms with Crippen molar-refractivity contribution >= 4 is 34.3 Å². The number of imide groups is 1. The van der Waals surface area contributed by atoms with Crippen LogP contribution in [-0.2, 0) is 11.8 Å². The normalized spacial score (nSPS) is 25.5. The number of nitrogens with one attached hydrogen (secondary N) is 2. The summed E-state index contributed by atoms with van der Waals surface area (Å²) in [6.45, 7) is 1.91. The Hall–Kier alpha value is -2.68. The molecule has 3 amide bonds. The number of rotatable bonds is 2. The Morgan fingerprint density at radius 3 is 2.85 bits per heavy atom. The summed E-state index contributed by atoms with van der Waals surface area (Å²) >= 11 is 0. The van der Waals surface area contributed by atoms with Gasteiger partial charge >= 0.3 is 6.03 Å². The van der Waals surface area contributed by atoms with Crippen LogP contribution in [0.4, 0.5) is 20.7 Å². The van der Waals surface area contributed by atoms with E-state index in [2.05, 4.69) is 20.6 Å². The van der Waals surface area contributed by atoms with Gasteiger partial charge in [0.1, 0.15) is 5.82 Å². The van der Waals surface area contributed by atoms with Crippen LogP contribution < -0.4 is 20.4 Å². The van der Waals surface area contributed by atoms with Crippen LogP contribution >= 0.6 is 0 Å². The smallest absolute Gasteiger partial charge is 0.329 e. The molecule has 3 aliphatic rings. The monoisotopic (exact) mass is 358 g/mol. The highest BCUT2D eigenvalue weighted by molar-refractivity contribution is 6.09. The number of nitrogens with zero attached hydrogens (tertiary/aromatic N) is 4. The molecule has 2 aromatic rings. The van der Waals surface area contributed by atoms with Gasteiger partial charge in [0.05, 0.1) is 11.2 Å². The van der Waals surface area contributed by atoms with E-state index in [0.717, 1.165) is 25.0 Å². The van der Waals surface area contributed by atoms with Gasteiger partial charge in [-0.2, -0.15) is 5.10 Å². The fourth-order valence-electron chi connectivity index (χ4n) is 4.29. The van der Waals surface area contributed by atoms with Crippen molar-refractivity contribution in [1.29, 1.82) is 0 Å². The highest BCUT2D eigenvalue weighted by Gasteiger charge is 2.39.